The van der Waals surface area contributed by atoms with Gasteiger partial charge in [0.25, 0.3) is 0 Å². The summed E-state index contributed by atoms with van der Waals surface area (Å²) < 4.78 is 21.6. The Morgan fingerprint density at radius 2 is 1.41 bits per heavy atom. The van der Waals surface area contributed by atoms with Gasteiger partial charge in [0.15, 0.2) is 23.0 Å². The second-order valence-electron chi connectivity index (χ2n) is 8.97. The molecule has 0 amide bonds. The van der Waals surface area contributed by atoms with Crippen LogP contribution >= 0.6 is 12.4 Å². The van der Waals surface area contributed by atoms with Crippen LogP contribution in [0.25, 0.3) is 0 Å². The predicted octanol–water partition coefficient (Wildman–Crippen LogP) is 5.51. The van der Waals surface area contributed by atoms with E-state index >= 15 is 0 Å². The number of aliphatic hydroxyl groups is 1. The molecule has 0 heterocycles. The number of halogens is 1. The first-order valence-electron chi connectivity index (χ1n) is 12.4. The fourth-order valence-corrected chi connectivity index (χ4v) is 4.23. The van der Waals surface area contributed by atoms with Gasteiger partial charge in [0.1, 0.15) is 0 Å². The number of likely N-dealkylation sites (N-methyl/N-ethyl adjacent to an activating group) is 1. The van der Waals surface area contributed by atoms with Crippen molar-refractivity contribution in [2.24, 2.45) is 5.92 Å². The van der Waals surface area contributed by atoms with Crippen molar-refractivity contribution < 1.29 is 24.1 Å². The van der Waals surface area contributed by atoms with Crippen molar-refractivity contribution in [2.75, 3.05) is 55.2 Å². The van der Waals surface area contributed by atoms with Crippen LogP contribution in [0.15, 0.2) is 36.4 Å². The molecule has 0 spiro atoms. The van der Waals surface area contributed by atoms with Crippen molar-refractivity contribution in [3.05, 3.63) is 47.5 Å². The second kappa shape index (κ2) is 17.7. The Kier molecular flexibility index (Phi) is 16.5. The highest BCUT2D eigenvalue weighted by molar-refractivity contribution is 5.85. The molecule has 0 radical (unpaired) electrons. The Hall–Kier alpha value is -2.66. The summed E-state index contributed by atoms with van der Waals surface area (Å²) in [5.74, 6) is 2.99. The van der Waals surface area contributed by atoms with Crippen molar-refractivity contribution in [1.29, 1.82) is 5.26 Å². The molecule has 0 aromatic heterocycles. The van der Waals surface area contributed by atoms with E-state index in [1.807, 2.05) is 30.3 Å². The summed E-state index contributed by atoms with van der Waals surface area (Å²) in [6.07, 6.45) is 2.61. The Bertz CT molecular complexity index is 964. The fourth-order valence-electron chi connectivity index (χ4n) is 4.23. The molecule has 2 aromatic rings. The molecule has 0 aliphatic carbocycles. The molecule has 7 nitrogen and oxygen atoms in total. The standard InChI is InChI=1S/C27H38N2O4.C2H6O.ClH/c1-20(2)27(19-28,22-10-12-24(31-5)26(18-22)33-7)14-8-15-29(3)16-13-21-9-11-23(30-4)25(17-21)32-6;1-2-3;/h9-12,17-18,20H,8,13-16H2,1-7H3;3H,2H2,1H3;1H. The van der Waals surface area contributed by atoms with E-state index < -0.39 is 5.41 Å². The Morgan fingerprint density at radius 3 is 1.89 bits per heavy atom. The second-order valence-corrected chi connectivity index (χ2v) is 8.97. The quantitative estimate of drug-likeness (QED) is 0.361. The van der Waals surface area contributed by atoms with Gasteiger partial charge in [0.05, 0.1) is 39.9 Å². The van der Waals surface area contributed by atoms with Crippen molar-refractivity contribution in [3.8, 4) is 29.1 Å². The summed E-state index contributed by atoms with van der Waals surface area (Å²) in [6, 6.07) is 14.5. The summed E-state index contributed by atoms with van der Waals surface area (Å²) in [4.78, 5) is 2.31. The third-order valence-electron chi connectivity index (χ3n) is 6.42. The van der Waals surface area contributed by atoms with Gasteiger partial charge in [-0.2, -0.15) is 5.26 Å². The first-order chi connectivity index (χ1) is 17.3. The van der Waals surface area contributed by atoms with Crippen LogP contribution in [0.4, 0.5) is 0 Å². The van der Waals surface area contributed by atoms with Crippen LogP contribution in [-0.2, 0) is 11.8 Å². The summed E-state index contributed by atoms with van der Waals surface area (Å²) in [7, 11) is 8.67. The van der Waals surface area contributed by atoms with Gasteiger partial charge in [-0.3, -0.25) is 0 Å². The zero-order valence-electron chi connectivity index (χ0n) is 23.7. The molecule has 208 valence electrons. The highest BCUT2D eigenvalue weighted by atomic mass is 35.5. The molecule has 1 atom stereocenters. The summed E-state index contributed by atoms with van der Waals surface area (Å²) >= 11 is 0. The predicted molar refractivity (Wildman–Crippen MR) is 152 cm³/mol. The summed E-state index contributed by atoms with van der Waals surface area (Å²) in [5, 5.41) is 17.8. The van der Waals surface area contributed by atoms with E-state index in [1.165, 1.54) is 5.56 Å². The minimum absolute atomic E-state index is 0. The van der Waals surface area contributed by atoms with Gasteiger partial charge in [-0.1, -0.05) is 26.0 Å². The summed E-state index contributed by atoms with van der Waals surface area (Å²) in [6.45, 7) is 7.99. The molecule has 1 unspecified atom stereocenters. The van der Waals surface area contributed by atoms with E-state index in [0.29, 0.717) is 11.5 Å². The average molecular weight is 537 g/mol. The average Bonchev–Trinajstić information content (AvgIpc) is 2.89. The largest absolute Gasteiger partial charge is 0.493 e. The fraction of sp³-hybridized carbons (Fsp3) is 0.552. The number of hydrogen-bond acceptors (Lipinski definition) is 7. The van der Waals surface area contributed by atoms with E-state index in [1.54, 1.807) is 35.4 Å². The minimum Gasteiger partial charge on any atom is -0.493 e. The number of hydrogen-bond donors (Lipinski definition) is 1. The molecule has 2 aromatic carbocycles. The third kappa shape index (κ3) is 9.62. The van der Waals surface area contributed by atoms with Crippen LogP contribution in [0.1, 0.15) is 44.7 Å². The maximum Gasteiger partial charge on any atom is 0.161 e. The molecule has 1 N–H and O–H groups in total. The van der Waals surface area contributed by atoms with Gasteiger partial charge in [-0.25, -0.2) is 0 Å². The van der Waals surface area contributed by atoms with Crippen LogP contribution < -0.4 is 18.9 Å². The lowest BCUT2D eigenvalue weighted by Crippen LogP contribution is -2.32. The Balaban J connectivity index is 0.00000308. The number of benzene rings is 2. The number of ether oxygens (including phenoxy) is 4. The van der Waals surface area contributed by atoms with Gasteiger partial charge in [0, 0.05) is 13.2 Å². The molecule has 0 saturated carbocycles. The van der Waals surface area contributed by atoms with Crippen LogP contribution in [-0.4, -0.2) is 65.2 Å². The van der Waals surface area contributed by atoms with Crippen molar-refractivity contribution in [3.63, 3.8) is 0 Å². The lowest BCUT2D eigenvalue weighted by atomic mass is 9.69. The SMILES string of the molecule is CCO.COc1ccc(CCN(C)CCCC(C#N)(c2ccc(OC)c(OC)c2)C(C)C)cc1OC.Cl. The molecule has 0 fully saturated rings. The van der Waals surface area contributed by atoms with Gasteiger partial charge in [-0.15, -0.1) is 12.4 Å². The Labute approximate surface area is 229 Å². The van der Waals surface area contributed by atoms with E-state index in [0.717, 1.165) is 49.4 Å². The number of nitrogens with zero attached hydrogens (tertiary/aromatic N) is 2. The maximum absolute atomic E-state index is 10.2. The molecule has 37 heavy (non-hydrogen) atoms. The number of nitriles is 1. The lowest BCUT2D eigenvalue weighted by Gasteiger charge is -2.32. The van der Waals surface area contributed by atoms with Crippen molar-refractivity contribution >= 4 is 12.4 Å². The normalized spacial score (nSPS) is 11.9. The molecular formula is C29H45ClN2O5. The molecule has 2 rings (SSSR count). The zero-order valence-corrected chi connectivity index (χ0v) is 24.5. The maximum atomic E-state index is 10.2. The highest BCUT2D eigenvalue weighted by Gasteiger charge is 2.36. The molecule has 0 aliphatic rings. The van der Waals surface area contributed by atoms with Crippen LogP contribution in [0.3, 0.4) is 0 Å². The Morgan fingerprint density at radius 1 is 0.892 bits per heavy atom. The summed E-state index contributed by atoms with van der Waals surface area (Å²) in [5.41, 5.74) is 1.60. The number of aliphatic hydroxyl groups excluding tert-OH is 1. The van der Waals surface area contributed by atoms with Crippen molar-refractivity contribution in [2.45, 2.75) is 45.4 Å². The van der Waals surface area contributed by atoms with E-state index in [-0.39, 0.29) is 24.9 Å². The van der Waals surface area contributed by atoms with Crippen LogP contribution in [0, 0.1) is 17.2 Å². The van der Waals surface area contributed by atoms with E-state index in [2.05, 4.69) is 37.9 Å². The molecule has 0 bridgehead atoms. The van der Waals surface area contributed by atoms with E-state index in [4.69, 9.17) is 24.1 Å². The smallest absolute Gasteiger partial charge is 0.161 e. The van der Waals surface area contributed by atoms with Crippen molar-refractivity contribution in [1.82, 2.24) is 4.90 Å². The highest BCUT2D eigenvalue weighted by Crippen LogP contribution is 2.40. The first kappa shape index (κ1) is 34.3. The van der Waals surface area contributed by atoms with Gasteiger partial charge >= 0.3 is 0 Å². The van der Waals surface area contributed by atoms with Gasteiger partial charge in [-0.05, 0) is 81.1 Å². The molecule has 8 heteroatoms. The third-order valence-corrected chi connectivity index (χ3v) is 6.42. The van der Waals surface area contributed by atoms with Gasteiger partial charge < -0.3 is 29.0 Å². The minimum atomic E-state index is -0.580. The first-order valence-corrected chi connectivity index (χ1v) is 12.4. The number of rotatable bonds is 13. The van der Waals surface area contributed by atoms with Crippen LogP contribution in [0.2, 0.25) is 0 Å². The number of methoxy groups -OCH3 is 4. The monoisotopic (exact) mass is 536 g/mol. The lowest BCUT2D eigenvalue weighted by molar-refractivity contribution is 0.292. The van der Waals surface area contributed by atoms with E-state index in [9.17, 15) is 5.26 Å². The van der Waals surface area contributed by atoms with Crippen LogP contribution in [0.5, 0.6) is 23.0 Å². The van der Waals surface area contributed by atoms with Gasteiger partial charge in [0.2, 0.25) is 0 Å². The molecule has 0 saturated heterocycles. The molecular weight excluding hydrogens is 492 g/mol. The zero-order chi connectivity index (χ0) is 27.1. The molecule has 0 aliphatic heterocycles. The topological polar surface area (TPSA) is 84.2 Å².